The van der Waals surface area contributed by atoms with Gasteiger partial charge in [-0.05, 0) is 60.2 Å². The largest absolute Gasteiger partial charge is 0.489 e. The van der Waals surface area contributed by atoms with Crippen molar-refractivity contribution >= 4 is 11.7 Å². The van der Waals surface area contributed by atoms with Crippen molar-refractivity contribution in [2.24, 2.45) is 11.5 Å². The Hall–Kier alpha value is -4.27. The van der Waals surface area contributed by atoms with E-state index in [1.165, 1.54) is 6.07 Å². The van der Waals surface area contributed by atoms with E-state index in [0.717, 1.165) is 0 Å². The molecule has 0 bridgehead atoms. The van der Waals surface area contributed by atoms with Crippen LogP contribution in [0.15, 0.2) is 66.7 Å². The third-order valence-corrected chi connectivity index (χ3v) is 4.35. The molecule has 0 saturated heterocycles. The fraction of sp³-hybridized carbons (Fsp3) is 0.167. The summed E-state index contributed by atoms with van der Waals surface area (Å²) in [5, 5.41) is 14.3. The molecule has 6 N–H and O–H groups in total. The fourth-order valence-corrected chi connectivity index (χ4v) is 2.71. The minimum absolute atomic E-state index is 0.0162. The van der Waals surface area contributed by atoms with E-state index in [9.17, 15) is 4.39 Å². The van der Waals surface area contributed by atoms with Crippen LogP contribution in [0.2, 0.25) is 0 Å². The zero-order valence-electron chi connectivity index (χ0n) is 17.8. The van der Waals surface area contributed by atoms with Gasteiger partial charge < -0.3 is 30.4 Å². The molecular formula is C24H25FN4O4. The van der Waals surface area contributed by atoms with Crippen molar-refractivity contribution in [3.8, 4) is 23.0 Å². The highest BCUT2D eigenvalue weighted by atomic mass is 19.1. The Kier molecular flexibility index (Phi) is 8.07. The lowest BCUT2D eigenvalue weighted by Gasteiger charge is -2.11. The first-order chi connectivity index (χ1) is 15.9. The molecular weight excluding hydrogens is 427 g/mol. The number of nitrogens with two attached hydrogens (primary N) is 2. The molecule has 9 heteroatoms. The van der Waals surface area contributed by atoms with Gasteiger partial charge in [0, 0.05) is 5.56 Å². The van der Waals surface area contributed by atoms with Gasteiger partial charge in [-0.25, -0.2) is 4.39 Å². The van der Waals surface area contributed by atoms with Crippen molar-refractivity contribution in [1.82, 2.24) is 0 Å². The van der Waals surface area contributed by atoms with Crippen LogP contribution in [0.3, 0.4) is 0 Å². The van der Waals surface area contributed by atoms with Crippen molar-refractivity contribution in [2.45, 2.75) is 13.2 Å². The molecule has 0 spiro atoms. The van der Waals surface area contributed by atoms with E-state index in [2.05, 4.69) is 0 Å². The quantitative estimate of drug-likeness (QED) is 0.245. The number of rotatable bonds is 12. The molecule has 0 heterocycles. The molecule has 3 aromatic rings. The van der Waals surface area contributed by atoms with E-state index < -0.39 is 0 Å². The summed E-state index contributed by atoms with van der Waals surface area (Å²) in [6.07, 6.45) is 0. The molecule has 0 atom stereocenters. The predicted molar refractivity (Wildman–Crippen MR) is 123 cm³/mol. The molecule has 33 heavy (non-hydrogen) atoms. The fourth-order valence-electron chi connectivity index (χ4n) is 2.71. The van der Waals surface area contributed by atoms with Crippen LogP contribution in [0, 0.1) is 16.6 Å². The van der Waals surface area contributed by atoms with Gasteiger partial charge in [0.15, 0.2) is 0 Å². The smallest absolute Gasteiger partial charge is 0.145 e. The second-order valence-corrected chi connectivity index (χ2v) is 7.07. The van der Waals surface area contributed by atoms with Crippen LogP contribution >= 0.6 is 0 Å². The zero-order valence-corrected chi connectivity index (χ0v) is 17.8. The van der Waals surface area contributed by atoms with E-state index in [0.29, 0.717) is 34.1 Å². The zero-order chi connectivity index (χ0) is 23.6. The Balaban J connectivity index is 1.48. The maximum absolute atomic E-state index is 14.5. The minimum Gasteiger partial charge on any atom is -0.489 e. The normalized spacial score (nSPS) is 10.3. The minimum atomic E-state index is -0.384. The summed E-state index contributed by atoms with van der Waals surface area (Å²) in [5.41, 5.74) is 11.6. The summed E-state index contributed by atoms with van der Waals surface area (Å²) in [6, 6.07) is 18.5. The van der Waals surface area contributed by atoms with Crippen LogP contribution in [0.5, 0.6) is 23.0 Å². The summed E-state index contributed by atoms with van der Waals surface area (Å²) in [5.74, 6) is 1.80. The number of hydrogen-bond donors (Lipinski definition) is 4. The third kappa shape index (κ3) is 7.73. The van der Waals surface area contributed by atoms with Crippen molar-refractivity contribution in [1.29, 1.82) is 10.8 Å². The van der Waals surface area contributed by atoms with Gasteiger partial charge in [0.1, 0.15) is 66.9 Å². The highest BCUT2D eigenvalue weighted by Gasteiger charge is 2.07. The summed E-state index contributed by atoms with van der Waals surface area (Å²) < 4.78 is 36.4. The Bertz CT molecular complexity index is 1090. The lowest BCUT2D eigenvalue weighted by Crippen LogP contribution is -2.19. The van der Waals surface area contributed by atoms with E-state index in [-0.39, 0.29) is 43.9 Å². The molecule has 0 unspecified atom stereocenters. The van der Waals surface area contributed by atoms with Crippen molar-refractivity contribution in [3.63, 3.8) is 0 Å². The number of nitrogens with one attached hydrogen (secondary N) is 2. The molecule has 0 radical (unpaired) electrons. The number of halogens is 1. The van der Waals surface area contributed by atoms with Crippen LogP contribution in [0.4, 0.5) is 4.39 Å². The molecule has 0 fully saturated rings. The van der Waals surface area contributed by atoms with Gasteiger partial charge >= 0.3 is 0 Å². The first-order valence-corrected chi connectivity index (χ1v) is 10.0. The van der Waals surface area contributed by atoms with E-state index >= 15 is 0 Å². The van der Waals surface area contributed by atoms with E-state index in [1.807, 2.05) is 0 Å². The molecule has 0 aromatic heterocycles. The van der Waals surface area contributed by atoms with Crippen LogP contribution in [0.1, 0.15) is 11.1 Å². The SMILES string of the molecule is N=C(N)COc1ccc(OCc2ccc(COc3ccc(OCC(=N)N)cc3)c(F)c2)cc1. The van der Waals surface area contributed by atoms with Gasteiger partial charge in [-0.15, -0.1) is 0 Å². The molecule has 0 aliphatic carbocycles. The highest BCUT2D eigenvalue weighted by molar-refractivity contribution is 5.78. The number of ether oxygens (including phenoxy) is 4. The Morgan fingerprint density at radius 2 is 1.06 bits per heavy atom. The molecule has 3 aromatic carbocycles. The second-order valence-electron chi connectivity index (χ2n) is 7.07. The topological polar surface area (TPSA) is 137 Å². The number of amidine groups is 2. The maximum Gasteiger partial charge on any atom is 0.145 e. The Morgan fingerprint density at radius 1 is 0.636 bits per heavy atom. The van der Waals surface area contributed by atoms with Crippen LogP contribution in [0.25, 0.3) is 0 Å². The maximum atomic E-state index is 14.5. The summed E-state index contributed by atoms with van der Waals surface area (Å²) in [7, 11) is 0. The highest BCUT2D eigenvalue weighted by Crippen LogP contribution is 2.21. The van der Waals surface area contributed by atoms with Crippen LogP contribution in [-0.2, 0) is 13.2 Å². The standard InChI is InChI=1S/C24H25FN4O4/c25-22-11-16(12-30-18-3-7-20(8-4-18)32-14-23(26)27)1-2-17(22)13-31-19-5-9-21(10-6-19)33-15-24(28)29/h1-11H,12-15H2,(H3,26,27)(H3,28,29). The first-order valence-electron chi connectivity index (χ1n) is 10.0. The molecule has 0 aliphatic rings. The van der Waals surface area contributed by atoms with Gasteiger partial charge in [0.25, 0.3) is 0 Å². The van der Waals surface area contributed by atoms with Crippen LogP contribution in [-0.4, -0.2) is 24.9 Å². The lowest BCUT2D eigenvalue weighted by atomic mass is 10.1. The predicted octanol–water partition coefficient (Wildman–Crippen LogP) is 3.61. The second kappa shape index (κ2) is 11.4. The molecule has 0 saturated carbocycles. The average molecular weight is 452 g/mol. The molecule has 172 valence electrons. The average Bonchev–Trinajstić information content (AvgIpc) is 2.80. The van der Waals surface area contributed by atoms with Gasteiger partial charge in [-0.3, -0.25) is 10.8 Å². The molecule has 8 nitrogen and oxygen atoms in total. The van der Waals surface area contributed by atoms with Gasteiger partial charge in [-0.2, -0.15) is 0 Å². The number of benzene rings is 3. The third-order valence-electron chi connectivity index (χ3n) is 4.35. The monoisotopic (exact) mass is 452 g/mol. The molecule has 0 aliphatic heterocycles. The lowest BCUT2D eigenvalue weighted by molar-refractivity contribution is 0.295. The summed E-state index contributed by atoms with van der Waals surface area (Å²) >= 11 is 0. The Labute approximate surface area is 190 Å². The van der Waals surface area contributed by atoms with Gasteiger partial charge in [0.05, 0.1) is 0 Å². The molecule has 0 amide bonds. The van der Waals surface area contributed by atoms with Crippen molar-refractivity contribution in [3.05, 3.63) is 83.7 Å². The Morgan fingerprint density at radius 3 is 1.48 bits per heavy atom. The van der Waals surface area contributed by atoms with Crippen LogP contribution < -0.4 is 30.4 Å². The van der Waals surface area contributed by atoms with Crippen molar-refractivity contribution < 1.29 is 23.3 Å². The van der Waals surface area contributed by atoms with Crippen molar-refractivity contribution in [2.75, 3.05) is 13.2 Å². The van der Waals surface area contributed by atoms with E-state index in [1.54, 1.807) is 60.7 Å². The first kappa shape index (κ1) is 23.4. The van der Waals surface area contributed by atoms with Gasteiger partial charge in [-0.1, -0.05) is 12.1 Å². The summed E-state index contributed by atoms with van der Waals surface area (Å²) in [4.78, 5) is 0. The van der Waals surface area contributed by atoms with E-state index in [4.69, 9.17) is 41.2 Å². The molecule has 3 rings (SSSR count). The summed E-state index contributed by atoms with van der Waals surface area (Å²) in [6.45, 7) is 0.314. The number of hydrogen-bond acceptors (Lipinski definition) is 6. The van der Waals surface area contributed by atoms with Gasteiger partial charge in [0.2, 0.25) is 0 Å².